The van der Waals surface area contributed by atoms with Gasteiger partial charge in [-0.2, -0.15) is 0 Å². The van der Waals surface area contributed by atoms with E-state index in [9.17, 15) is 9.90 Å². The van der Waals surface area contributed by atoms with Crippen LogP contribution < -0.4 is 0 Å². The molecule has 1 unspecified atom stereocenters. The van der Waals surface area contributed by atoms with Crippen molar-refractivity contribution in [3.63, 3.8) is 0 Å². The lowest BCUT2D eigenvalue weighted by Crippen LogP contribution is -2.40. The topological polar surface area (TPSA) is 40.5 Å². The third-order valence-corrected chi connectivity index (χ3v) is 4.28. The Bertz CT molecular complexity index is 653. The smallest absolute Gasteiger partial charge is 0.256 e. The van der Waals surface area contributed by atoms with E-state index in [2.05, 4.69) is 12.1 Å². The van der Waals surface area contributed by atoms with Gasteiger partial charge in [-0.1, -0.05) is 48.5 Å². The van der Waals surface area contributed by atoms with Crippen molar-refractivity contribution in [2.75, 3.05) is 7.05 Å². The van der Waals surface area contributed by atoms with Crippen molar-refractivity contribution in [3.05, 3.63) is 71.3 Å². The van der Waals surface area contributed by atoms with E-state index in [0.717, 1.165) is 18.4 Å². The monoisotopic (exact) mass is 281 g/mol. The van der Waals surface area contributed by atoms with Crippen molar-refractivity contribution in [1.29, 1.82) is 0 Å². The molecule has 0 saturated carbocycles. The van der Waals surface area contributed by atoms with Gasteiger partial charge in [0.15, 0.2) is 5.72 Å². The fourth-order valence-electron chi connectivity index (χ4n) is 3.03. The van der Waals surface area contributed by atoms with Crippen molar-refractivity contribution < 1.29 is 9.90 Å². The van der Waals surface area contributed by atoms with Crippen LogP contribution in [0.1, 0.15) is 34.3 Å². The summed E-state index contributed by atoms with van der Waals surface area (Å²) in [4.78, 5) is 13.7. The van der Waals surface area contributed by atoms with Crippen LogP contribution in [0.2, 0.25) is 0 Å². The summed E-state index contributed by atoms with van der Waals surface area (Å²) in [6, 6.07) is 17.5. The lowest BCUT2D eigenvalue weighted by atomic mass is 9.95. The van der Waals surface area contributed by atoms with Crippen LogP contribution in [0.25, 0.3) is 0 Å². The first-order valence-electron chi connectivity index (χ1n) is 7.27. The first kappa shape index (κ1) is 13.8. The molecule has 108 valence electrons. The molecule has 0 aromatic heterocycles. The minimum atomic E-state index is -1.18. The Morgan fingerprint density at radius 2 is 1.71 bits per heavy atom. The van der Waals surface area contributed by atoms with Crippen LogP contribution in [-0.2, 0) is 12.1 Å². The molecule has 0 saturated heterocycles. The maximum atomic E-state index is 12.2. The van der Waals surface area contributed by atoms with E-state index in [0.29, 0.717) is 12.0 Å². The van der Waals surface area contributed by atoms with Crippen molar-refractivity contribution in [2.24, 2.45) is 0 Å². The van der Waals surface area contributed by atoms with Crippen LogP contribution in [0.15, 0.2) is 54.6 Å². The first-order chi connectivity index (χ1) is 10.1. The standard InChI is InChI=1S/C18H19NO2/c1-19-17(20)15-11-5-6-12-16(15)18(19,21)13-7-10-14-8-3-2-4-9-14/h2-6,8-9,11-12,21H,7,10,13H2,1H3. The average molecular weight is 281 g/mol. The summed E-state index contributed by atoms with van der Waals surface area (Å²) in [6.07, 6.45) is 2.26. The molecular formula is C18H19NO2. The first-order valence-corrected chi connectivity index (χ1v) is 7.27. The van der Waals surface area contributed by atoms with Crippen LogP contribution in [0.4, 0.5) is 0 Å². The fraction of sp³-hybridized carbons (Fsp3) is 0.278. The highest BCUT2D eigenvalue weighted by molar-refractivity contribution is 5.99. The molecule has 0 fully saturated rings. The molecule has 1 heterocycles. The number of rotatable bonds is 4. The zero-order valence-electron chi connectivity index (χ0n) is 12.1. The van der Waals surface area contributed by atoms with Crippen LogP contribution in [0.5, 0.6) is 0 Å². The minimum Gasteiger partial charge on any atom is -0.367 e. The number of nitrogens with zero attached hydrogens (tertiary/aromatic N) is 1. The van der Waals surface area contributed by atoms with Gasteiger partial charge in [0, 0.05) is 24.6 Å². The highest BCUT2D eigenvalue weighted by atomic mass is 16.3. The summed E-state index contributed by atoms with van der Waals surface area (Å²) in [6.45, 7) is 0. The van der Waals surface area contributed by atoms with Gasteiger partial charge in [-0.25, -0.2) is 0 Å². The molecule has 1 amide bonds. The van der Waals surface area contributed by atoms with Crippen LogP contribution in [0, 0.1) is 0 Å². The van der Waals surface area contributed by atoms with Gasteiger partial charge in [0.1, 0.15) is 0 Å². The Hall–Kier alpha value is -2.13. The van der Waals surface area contributed by atoms with Gasteiger partial charge in [-0.3, -0.25) is 4.79 Å². The molecule has 2 aromatic rings. The van der Waals surface area contributed by atoms with E-state index in [1.807, 2.05) is 36.4 Å². The average Bonchev–Trinajstić information content (AvgIpc) is 2.71. The van der Waals surface area contributed by atoms with E-state index >= 15 is 0 Å². The van der Waals surface area contributed by atoms with Crippen LogP contribution in [-0.4, -0.2) is 23.0 Å². The number of benzene rings is 2. The molecule has 1 N–H and O–H groups in total. The summed E-state index contributed by atoms with van der Waals surface area (Å²) in [5, 5.41) is 11.0. The summed E-state index contributed by atoms with van der Waals surface area (Å²) in [7, 11) is 1.67. The molecule has 0 spiro atoms. The summed E-state index contributed by atoms with van der Waals surface area (Å²) in [5.74, 6) is -0.104. The quantitative estimate of drug-likeness (QED) is 0.936. The van der Waals surface area contributed by atoms with Crippen molar-refractivity contribution in [2.45, 2.75) is 25.0 Å². The van der Waals surface area contributed by atoms with Crippen LogP contribution in [0.3, 0.4) is 0 Å². The van der Waals surface area contributed by atoms with Crippen molar-refractivity contribution in [1.82, 2.24) is 4.90 Å². The molecule has 3 rings (SSSR count). The molecule has 0 aliphatic carbocycles. The molecule has 2 aromatic carbocycles. The summed E-state index contributed by atoms with van der Waals surface area (Å²) < 4.78 is 0. The van der Waals surface area contributed by atoms with Gasteiger partial charge in [0.25, 0.3) is 5.91 Å². The Morgan fingerprint density at radius 3 is 2.48 bits per heavy atom. The molecule has 3 heteroatoms. The highest BCUT2D eigenvalue weighted by Crippen LogP contribution is 2.39. The predicted molar refractivity (Wildman–Crippen MR) is 81.8 cm³/mol. The number of aliphatic hydroxyl groups is 1. The molecule has 1 aliphatic rings. The summed E-state index contributed by atoms with van der Waals surface area (Å²) in [5.41, 5.74) is 1.41. The molecule has 3 nitrogen and oxygen atoms in total. The van der Waals surface area contributed by atoms with Gasteiger partial charge in [-0.15, -0.1) is 0 Å². The largest absolute Gasteiger partial charge is 0.367 e. The lowest BCUT2D eigenvalue weighted by Gasteiger charge is -2.31. The molecule has 1 atom stereocenters. The Balaban J connectivity index is 1.76. The highest BCUT2D eigenvalue weighted by Gasteiger charge is 2.45. The Kier molecular flexibility index (Phi) is 3.52. The van der Waals surface area contributed by atoms with Gasteiger partial charge in [-0.05, 0) is 24.5 Å². The maximum absolute atomic E-state index is 12.2. The predicted octanol–water partition coefficient (Wildman–Crippen LogP) is 2.94. The van der Waals surface area contributed by atoms with E-state index in [1.54, 1.807) is 13.1 Å². The molecule has 0 radical (unpaired) electrons. The number of carbonyl (C=O) groups excluding carboxylic acids is 1. The van der Waals surface area contributed by atoms with Crippen molar-refractivity contribution >= 4 is 5.91 Å². The lowest BCUT2D eigenvalue weighted by molar-refractivity contribution is -0.0795. The number of hydrogen-bond acceptors (Lipinski definition) is 2. The second kappa shape index (κ2) is 5.34. The SMILES string of the molecule is CN1C(=O)c2ccccc2C1(O)CCCc1ccccc1. The fourth-order valence-corrected chi connectivity index (χ4v) is 3.03. The number of amides is 1. The zero-order valence-corrected chi connectivity index (χ0v) is 12.1. The second-order valence-corrected chi connectivity index (χ2v) is 5.57. The molecule has 0 bridgehead atoms. The number of carbonyl (C=O) groups is 1. The van der Waals surface area contributed by atoms with Gasteiger partial charge in [0.05, 0.1) is 0 Å². The van der Waals surface area contributed by atoms with Gasteiger partial charge < -0.3 is 10.0 Å². The Morgan fingerprint density at radius 1 is 1.05 bits per heavy atom. The van der Waals surface area contributed by atoms with E-state index in [4.69, 9.17) is 0 Å². The van der Waals surface area contributed by atoms with Crippen LogP contribution >= 0.6 is 0 Å². The van der Waals surface area contributed by atoms with Crippen molar-refractivity contribution in [3.8, 4) is 0 Å². The van der Waals surface area contributed by atoms with E-state index < -0.39 is 5.72 Å². The number of aryl methyl sites for hydroxylation is 1. The molecule has 21 heavy (non-hydrogen) atoms. The third-order valence-electron chi connectivity index (χ3n) is 4.28. The number of hydrogen-bond donors (Lipinski definition) is 1. The van der Waals surface area contributed by atoms with Gasteiger partial charge in [0.2, 0.25) is 0 Å². The third kappa shape index (κ3) is 2.34. The second-order valence-electron chi connectivity index (χ2n) is 5.57. The molecule has 1 aliphatic heterocycles. The normalized spacial score (nSPS) is 20.7. The zero-order chi connectivity index (χ0) is 14.9. The van der Waals surface area contributed by atoms with E-state index in [1.165, 1.54) is 10.5 Å². The minimum absolute atomic E-state index is 0.104. The van der Waals surface area contributed by atoms with E-state index in [-0.39, 0.29) is 5.91 Å². The summed E-state index contributed by atoms with van der Waals surface area (Å²) >= 11 is 0. The maximum Gasteiger partial charge on any atom is 0.256 e. The van der Waals surface area contributed by atoms with Gasteiger partial charge >= 0.3 is 0 Å². The number of fused-ring (bicyclic) bond motifs is 1. The molecular weight excluding hydrogens is 262 g/mol. The Labute approximate surface area is 124 Å².